The monoisotopic (exact) mass is 466 g/mol. The maximum Gasteiger partial charge on any atom is 0.123 e. The molecule has 3 unspecified atom stereocenters. The number of hydrogen-bond acceptors (Lipinski definition) is 2. The van der Waals surface area contributed by atoms with E-state index in [2.05, 4.69) is 34.6 Å². The second-order valence-corrected chi connectivity index (χ2v) is 11.4. The van der Waals surface area contributed by atoms with Crippen LogP contribution in [0, 0.1) is 17.8 Å². The largest absolute Gasteiger partial charge is 0.508 e. The topological polar surface area (TPSA) is 29.5 Å². The van der Waals surface area contributed by atoms with Gasteiger partial charge < -0.3 is 9.84 Å². The van der Waals surface area contributed by atoms with Gasteiger partial charge in [-0.25, -0.2) is 0 Å². The first-order valence-electron chi connectivity index (χ1n) is 13.8. The van der Waals surface area contributed by atoms with E-state index in [1.807, 2.05) is 48.5 Å². The van der Waals surface area contributed by atoms with Gasteiger partial charge in [0.2, 0.25) is 0 Å². The van der Waals surface area contributed by atoms with Crippen LogP contribution in [0.15, 0.2) is 54.6 Å². The molecule has 1 aliphatic heterocycles. The summed E-state index contributed by atoms with van der Waals surface area (Å²) < 4.78 is 6.31. The van der Waals surface area contributed by atoms with Gasteiger partial charge in [-0.05, 0) is 74.1 Å². The predicted octanol–water partition coefficient (Wildman–Crippen LogP) is 9.60. The minimum atomic E-state index is -0.0470. The van der Waals surface area contributed by atoms with E-state index in [1.54, 1.807) is 6.07 Å². The number of rotatable bonds is 12. The molecule has 0 amide bonds. The molecular weight excluding hydrogens is 416 g/mol. The molecule has 0 aromatic heterocycles. The van der Waals surface area contributed by atoms with Crippen molar-refractivity contribution < 1.29 is 9.84 Å². The maximum atomic E-state index is 9.63. The molecule has 0 saturated heterocycles. The maximum absolute atomic E-state index is 9.63. The van der Waals surface area contributed by atoms with Crippen LogP contribution in [0.2, 0.25) is 0 Å². The third kappa shape index (κ3) is 11.4. The van der Waals surface area contributed by atoms with Gasteiger partial charge in [0.15, 0.2) is 0 Å². The first-order valence-corrected chi connectivity index (χ1v) is 13.8. The summed E-state index contributed by atoms with van der Waals surface area (Å²) >= 11 is 0. The Morgan fingerprint density at radius 3 is 1.88 bits per heavy atom. The molecule has 3 atom stereocenters. The fourth-order valence-corrected chi connectivity index (χ4v) is 4.94. The summed E-state index contributed by atoms with van der Waals surface area (Å²) in [6.07, 6.45) is 14.1. The van der Waals surface area contributed by atoms with Gasteiger partial charge in [0.05, 0.1) is 0 Å². The van der Waals surface area contributed by atoms with E-state index in [1.165, 1.54) is 51.4 Å². The van der Waals surface area contributed by atoms with E-state index in [9.17, 15) is 5.11 Å². The highest BCUT2D eigenvalue weighted by molar-refractivity contribution is 5.41. The predicted molar refractivity (Wildman–Crippen MR) is 147 cm³/mol. The number of fused-ring (bicyclic) bond motifs is 1. The third-order valence-corrected chi connectivity index (χ3v) is 7.27. The van der Waals surface area contributed by atoms with Crippen molar-refractivity contribution in [3.63, 3.8) is 0 Å². The average molecular weight is 467 g/mol. The number of phenolic OH excluding ortho intramolecular Hbond substituents is 1. The summed E-state index contributed by atoms with van der Waals surface area (Å²) in [5.74, 6) is 3.86. The highest BCUT2D eigenvalue weighted by Crippen LogP contribution is 2.37. The number of ether oxygens (including phenoxy) is 1. The smallest absolute Gasteiger partial charge is 0.123 e. The Balaban J connectivity index is 0.000000589. The zero-order valence-corrected chi connectivity index (χ0v) is 22.6. The molecule has 0 saturated carbocycles. The molecule has 1 heterocycles. The van der Waals surface area contributed by atoms with Gasteiger partial charge in [0.25, 0.3) is 0 Å². The van der Waals surface area contributed by atoms with Crippen molar-refractivity contribution >= 4 is 0 Å². The van der Waals surface area contributed by atoms with Crippen LogP contribution in [-0.4, -0.2) is 10.7 Å². The standard InChI is InChI=1S/C26H44O2.C6H6/c1-20(2)9-6-10-21(3)11-7-12-22(4)13-8-17-26(5)18-16-23-19-24(27)14-15-25(23)28-26;1-2-4-6-5-3-1/h14-15,19-22,27H,6-13,16-18H2,1-5H3;1-6H. The lowest BCUT2D eigenvalue weighted by atomic mass is 9.86. The summed E-state index contributed by atoms with van der Waals surface area (Å²) in [5.41, 5.74) is 1.10. The van der Waals surface area contributed by atoms with Crippen LogP contribution in [-0.2, 0) is 6.42 Å². The molecule has 0 bridgehead atoms. The minimum Gasteiger partial charge on any atom is -0.508 e. The summed E-state index contributed by atoms with van der Waals surface area (Å²) in [6.45, 7) is 11.8. The Kier molecular flexibility index (Phi) is 12.6. The number of benzene rings is 2. The van der Waals surface area contributed by atoms with Crippen LogP contribution >= 0.6 is 0 Å². The van der Waals surface area contributed by atoms with Crippen LogP contribution < -0.4 is 4.74 Å². The van der Waals surface area contributed by atoms with Gasteiger partial charge >= 0.3 is 0 Å². The molecule has 2 aromatic rings. The van der Waals surface area contributed by atoms with Gasteiger partial charge in [0.1, 0.15) is 17.1 Å². The second kappa shape index (κ2) is 15.1. The summed E-state index contributed by atoms with van der Waals surface area (Å²) in [5, 5.41) is 9.63. The van der Waals surface area contributed by atoms with E-state index < -0.39 is 0 Å². The quantitative estimate of drug-likeness (QED) is 0.337. The van der Waals surface area contributed by atoms with Crippen molar-refractivity contribution in [3.05, 3.63) is 60.2 Å². The zero-order chi connectivity index (χ0) is 24.8. The normalized spacial score (nSPS) is 18.9. The van der Waals surface area contributed by atoms with E-state index in [4.69, 9.17) is 4.74 Å². The van der Waals surface area contributed by atoms with Crippen LogP contribution in [0.3, 0.4) is 0 Å². The molecule has 1 aliphatic rings. The van der Waals surface area contributed by atoms with E-state index in [0.717, 1.165) is 48.3 Å². The molecule has 1 N–H and O–H groups in total. The summed E-state index contributed by atoms with van der Waals surface area (Å²) in [4.78, 5) is 0. The summed E-state index contributed by atoms with van der Waals surface area (Å²) in [7, 11) is 0. The van der Waals surface area contributed by atoms with Crippen LogP contribution in [0.25, 0.3) is 0 Å². The van der Waals surface area contributed by atoms with Gasteiger partial charge in [-0.1, -0.05) is 109 Å². The fraction of sp³-hybridized carbons (Fsp3) is 0.625. The Morgan fingerprint density at radius 2 is 1.32 bits per heavy atom. The number of phenols is 1. The van der Waals surface area contributed by atoms with Crippen molar-refractivity contribution in [2.75, 3.05) is 0 Å². The lowest BCUT2D eigenvalue weighted by molar-refractivity contribution is 0.0523. The van der Waals surface area contributed by atoms with Crippen molar-refractivity contribution in [1.82, 2.24) is 0 Å². The molecule has 2 nitrogen and oxygen atoms in total. The first-order chi connectivity index (χ1) is 16.3. The SMILES string of the molecule is CC(C)CCCC(C)CCCC(C)CCCC1(C)CCc2cc(O)ccc2O1.c1ccccc1. The molecule has 2 heteroatoms. The molecule has 190 valence electrons. The Labute approximate surface area is 210 Å². The fourth-order valence-electron chi connectivity index (χ4n) is 4.94. The molecular formula is C32H50O2. The molecule has 0 spiro atoms. The van der Waals surface area contributed by atoms with Gasteiger partial charge in [-0.15, -0.1) is 0 Å². The Bertz CT molecular complexity index is 758. The van der Waals surface area contributed by atoms with E-state index in [0.29, 0.717) is 5.75 Å². The Morgan fingerprint density at radius 1 is 0.794 bits per heavy atom. The van der Waals surface area contributed by atoms with Crippen molar-refractivity contribution in [3.8, 4) is 11.5 Å². The number of aryl methyl sites for hydroxylation is 1. The van der Waals surface area contributed by atoms with Gasteiger partial charge in [-0.3, -0.25) is 0 Å². The molecule has 34 heavy (non-hydrogen) atoms. The lowest BCUT2D eigenvalue weighted by Gasteiger charge is -2.36. The van der Waals surface area contributed by atoms with Crippen molar-refractivity contribution in [2.45, 2.75) is 111 Å². The third-order valence-electron chi connectivity index (χ3n) is 7.27. The zero-order valence-electron chi connectivity index (χ0n) is 22.6. The second-order valence-electron chi connectivity index (χ2n) is 11.4. The van der Waals surface area contributed by atoms with Crippen LogP contribution in [0.1, 0.15) is 104 Å². The molecule has 0 fully saturated rings. The van der Waals surface area contributed by atoms with Crippen LogP contribution in [0.4, 0.5) is 0 Å². The first kappa shape index (κ1) is 28.3. The molecule has 3 rings (SSSR count). The minimum absolute atomic E-state index is 0.0470. The lowest BCUT2D eigenvalue weighted by Crippen LogP contribution is -2.36. The highest BCUT2D eigenvalue weighted by atomic mass is 16.5. The summed E-state index contributed by atoms with van der Waals surface area (Å²) in [6, 6.07) is 17.5. The number of aromatic hydroxyl groups is 1. The molecule has 0 aliphatic carbocycles. The van der Waals surface area contributed by atoms with E-state index in [-0.39, 0.29) is 5.60 Å². The molecule has 0 radical (unpaired) electrons. The Hall–Kier alpha value is -1.96. The average Bonchev–Trinajstić information content (AvgIpc) is 2.80. The van der Waals surface area contributed by atoms with Gasteiger partial charge in [0, 0.05) is 0 Å². The van der Waals surface area contributed by atoms with Crippen molar-refractivity contribution in [2.24, 2.45) is 17.8 Å². The van der Waals surface area contributed by atoms with E-state index >= 15 is 0 Å². The highest BCUT2D eigenvalue weighted by Gasteiger charge is 2.31. The van der Waals surface area contributed by atoms with Crippen LogP contribution in [0.5, 0.6) is 11.5 Å². The van der Waals surface area contributed by atoms with Crippen molar-refractivity contribution in [1.29, 1.82) is 0 Å². The van der Waals surface area contributed by atoms with Gasteiger partial charge in [-0.2, -0.15) is 0 Å². The molecule has 2 aromatic carbocycles. The number of hydrogen-bond donors (Lipinski definition) is 1.